The Morgan fingerprint density at radius 3 is 2.73 bits per heavy atom. The molecule has 26 heavy (non-hydrogen) atoms. The first-order chi connectivity index (χ1) is 12.3. The summed E-state index contributed by atoms with van der Waals surface area (Å²) < 4.78 is 29.7. The Kier molecular flexibility index (Phi) is 4.52. The average Bonchev–Trinajstić information content (AvgIpc) is 3.04. The lowest BCUT2D eigenvalue weighted by molar-refractivity contribution is 0.0820. The van der Waals surface area contributed by atoms with Gasteiger partial charge in [0.1, 0.15) is 17.6 Å². The molecule has 132 valence electrons. The SMILES string of the molecule is CN(C)C(=O)c1csc2nc(Cc3cccc(C#N)c3F)c(F)c(=O)n12. The molecule has 0 unspecified atom stereocenters. The molecule has 0 radical (unpaired) electrons. The van der Waals surface area contributed by atoms with Crippen molar-refractivity contribution in [2.45, 2.75) is 6.42 Å². The molecule has 0 bridgehead atoms. The van der Waals surface area contributed by atoms with Gasteiger partial charge in [-0.3, -0.25) is 9.59 Å². The van der Waals surface area contributed by atoms with Crippen LogP contribution in [-0.4, -0.2) is 34.3 Å². The first-order valence-electron chi connectivity index (χ1n) is 7.43. The molecule has 1 aromatic carbocycles. The zero-order valence-electron chi connectivity index (χ0n) is 13.8. The van der Waals surface area contributed by atoms with Crippen molar-refractivity contribution in [3.05, 3.63) is 68.1 Å². The molecule has 0 N–H and O–H groups in total. The summed E-state index contributed by atoms with van der Waals surface area (Å²) in [6.45, 7) is 0. The van der Waals surface area contributed by atoms with Crippen molar-refractivity contribution in [3.63, 3.8) is 0 Å². The van der Waals surface area contributed by atoms with E-state index in [0.29, 0.717) is 0 Å². The van der Waals surface area contributed by atoms with Crippen molar-refractivity contribution >= 4 is 22.2 Å². The van der Waals surface area contributed by atoms with Gasteiger partial charge < -0.3 is 4.90 Å². The first kappa shape index (κ1) is 17.7. The third-order valence-corrected chi connectivity index (χ3v) is 4.59. The summed E-state index contributed by atoms with van der Waals surface area (Å²) in [5.74, 6) is -2.39. The fourth-order valence-corrected chi connectivity index (χ4v) is 3.32. The number of carbonyl (C=O) groups is 1. The summed E-state index contributed by atoms with van der Waals surface area (Å²) in [7, 11) is 3.03. The second-order valence-electron chi connectivity index (χ2n) is 5.68. The van der Waals surface area contributed by atoms with E-state index in [0.717, 1.165) is 15.7 Å². The predicted molar refractivity (Wildman–Crippen MR) is 91.2 cm³/mol. The maximum Gasteiger partial charge on any atom is 0.295 e. The van der Waals surface area contributed by atoms with E-state index in [-0.39, 0.29) is 33.9 Å². The number of aromatic nitrogens is 2. The number of nitriles is 1. The van der Waals surface area contributed by atoms with E-state index in [1.165, 1.54) is 42.6 Å². The van der Waals surface area contributed by atoms with Gasteiger partial charge in [-0.15, -0.1) is 11.3 Å². The minimum atomic E-state index is -1.16. The fourth-order valence-electron chi connectivity index (χ4n) is 2.45. The molecule has 3 rings (SSSR count). The highest BCUT2D eigenvalue weighted by atomic mass is 32.1. The topological polar surface area (TPSA) is 78.5 Å². The second-order valence-corrected chi connectivity index (χ2v) is 6.52. The highest BCUT2D eigenvalue weighted by Crippen LogP contribution is 2.19. The van der Waals surface area contributed by atoms with Gasteiger partial charge in [0.05, 0.1) is 11.3 Å². The summed E-state index contributed by atoms with van der Waals surface area (Å²) in [4.78, 5) is 30.0. The fraction of sp³-hybridized carbons (Fsp3) is 0.176. The molecule has 6 nitrogen and oxygen atoms in total. The molecule has 0 aliphatic rings. The van der Waals surface area contributed by atoms with Crippen LogP contribution in [0.4, 0.5) is 8.78 Å². The number of nitrogens with zero attached hydrogens (tertiary/aromatic N) is 4. The zero-order chi connectivity index (χ0) is 19.0. The highest BCUT2D eigenvalue weighted by molar-refractivity contribution is 7.15. The van der Waals surface area contributed by atoms with Crippen LogP contribution in [0, 0.1) is 23.0 Å². The van der Waals surface area contributed by atoms with E-state index >= 15 is 0 Å². The lowest BCUT2D eigenvalue weighted by Crippen LogP contribution is -2.28. The van der Waals surface area contributed by atoms with Crippen molar-refractivity contribution < 1.29 is 13.6 Å². The van der Waals surface area contributed by atoms with Gasteiger partial charge in [0.15, 0.2) is 4.96 Å². The quantitative estimate of drug-likeness (QED) is 0.704. The lowest BCUT2D eigenvalue weighted by Gasteiger charge is -2.10. The summed E-state index contributed by atoms with van der Waals surface area (Å²) in [5.41, 5.74) is -1.37. The smallest absolute Gasteiger partial charge is 0.295 e. The van der Waals surface area contributed by atoms with Crippen LogP contribution in [0.15, 0.2) is 28.4 Å². The Bertz CT molecular complexity index is 1130. The van der Waals surface area contributed by atoms with Crippen LogP contribution in [-0.2, 0) is 6.42 Å². The number of carbonyl (C=O) groups excluding carboxylic acids is 1. The van der Waals surface area contributed by atoms with Crippen LogP contribution in [0.1, 0.15) is 27.3 Å². The Morgan fingerprint density at radius 2 is 2.08 bits per heavy atom. The molecule has 2 aromatic heterocycles. The van der Waals surface area contributed by atoms with E-state index < -0.39 is 23.1 Å². The molecule has 0 aliphatic heterocycles. The molecule has 2 heterocycles. The van der Waals surface area contributed by atoms with Crippen molar-refractivity contribution in [2.24, 2.45) is 0 Å². The molecule has 1 amide bonds. The summed E-state index contributed by atoms with van der Waals surface area (Å²) in [6.07, 6.45) is -0.284. The summed E-state index contributed by atoms with van der Waals surface area (Å²) in [6, 6.07) is 5.88. The summed E-state index contributed by atoms with van der Waals surface area (Å²) in [5, 5.41) is 10.3. The van der Waals surface area contributed by atoms with E-state index in [1.54, 1.807) is 6.07 Å². The molecule has 9 heteroatoms. The Labute approximate surface area is 150 Å². The first-order valence-corrected chi connectivity index (χ1v) is 8.31. The molecule has 0 saturated heterocycles. The van der Waals surface area contributed by atoms with Gasteiger partial charge in [-0.25, -0.2) is 13.8 Å². The maximum absolute atomic E-state index is 14.5. The molecule has 0 atom stereocenters. The van der Waals surface area contributed by atoms with E-state index in [2.05, 4.69) is 4.98 Å². The third-order valence-electron chi connectivity index (χ3n) is 3.77. The average molecular weight is 374 g/mol. The van der Waals surface area contributed by atoms with E-state index in [9.17, 15) is 18.4 Å². The van der Waals surface area contributed by atoms with E-state index in [4.69, 9.17) is 5.26 Å². The number of hydrogen-bond acceptors (Lipinski definition) is 5. The van der Waals surface area contributed by atoms with Crippen LogP contribution < -0.4 is 5.56 Å². The Balaban J connectivity index is 2.13. The highest BCUT2D eigenvalue weighted by Gasteiger charge is 2.21. The van der Waals surface area contributed by atoms with Crippen LogP contribution in [0.5, 0.6) is 0 Å². The Hall–Kier alpha value is -3.12. The number of hydrogen-bond donors (Lipinski definition) is 0. The van der Waals surface area contributed by atoms with Gasteiger partial charge in [0.2, 0.25) is 5.82 Å². The number of rotatable bonds is 3. The zero-order valence-corrected chi connectivity index (χ0v) is 14.6. The second kappa shape index (κ2) is 6.65. The standard InChI is InChI=1S/C17H12F2N4O2S/c1-22(2)15(24)12-8-26-17-21-11(14(19)16(25)23(12)17)6-9-4-3-5-10(7-20)13(9)18/h3-5,8H,6H2,1-2H3. The van der Waals surface area contributed by atoms with Crippen molar-refractivity contribution in [1.29, 1.82) is 5.26 Å². The Morgan fingerprint density at radius 1 is 1.35 bits per heavy atom. The van der Waals surface area contributed by atoms with Crippen molar-refractivity contribution in [2.75, 3.05) is 14.1 Å². The summed E-state index contributed by atoms with van der Waals surface area (Å²) >= 11 is 1.01. The normalized spacial score (nSPS) is 10.7. The molecule has 3 aromatic rings. The minimum absolute atomic E-state index is 0.00982. The minimum Gasteiger partial charge on any atom is -0.343 e. The van der Waals surface area contributed by atoms with Gasteiger partial charge in [-0.2, -0.15) is 9.65 Å². The molecule has 0 fully saturated rings. The number of thiazole rings is 1. The van der Waals surface area contributed by atoms with Crippen LogP contribution >= 0.6 is 11.3 Å². The van der Waals surface area contributed by atoms with Gasteiger partial charge in [0, 0.05) is 25.9 Å². The lowest BCUT2D eigenvalue weighted by atomic mass is 10.1. The molecular weight excluding hydrogens is 362 g/mol. The largest absolute Gasteiger partial charge is 0.343 e. The van der Waals surface area contributed by atoms with Gasteiger partial charge >= 0.3 is 0 Å². The van der Waals surface area contributed by atoms with Crippen molar-refractivity contribution in [1.82, 2.24) is 14.3 Å². The van der Waals surface area contributed by atoms with Crippen LogP contribution in [0.3, 0.4) is 0 Å². The van der Waals surface area contributed by atoms with Gasteiger partial charge in [0.25, 0.3) is 11.5 Å². The maximum atomic E-state index is 14.5. The molecule has 0 aliphatic carbocycles. The molecule has 0 spiro atoms. The number of amides is 1. The number of benzene rings is 1. The van der Waals surface area contributed by atoms with Gasteiger partial charge in [-0.1, -0.05) is 12.1 Å². The van der Waals surface area contributed by atoms with E-state index in [1.807, 2.05) is 0 Å². The number of fused-ring (bicyclic) bond motifs is 1. The van der Waals surface area contributed by atoms with Crippen LogP contribution in [0.25, 0.3) is 4.96 Å². The van der Waals surface area contributed by atoms with Crippen molar-refractivity contribution in [3.8, 4) is 6.07 Å². The monoisotopic (exact) mass is 374 g/mol. The predicted octanol–water partition coefficient (Wildman–Crippen LogP) is 2.20. The third kappa shape index (κ3) is 2.84. The van der Waals surface area contributed by atoms with Gasteiger partial charge in [-0.05, 0) is 11.6 Å². The molecular formula is C17H12F2N4O2S. The molecule has 0 saturated carbocycles. The number of halogens is 2. The van der Waals surface area contributed by atoms with Crippen LogP contribution in [0.2, 0.25) is 0 Å².